The molecule has 1 saturated carbocycles. The van der Waals surface area contributed by atoms with Gasteiger partial charge in [-0.05, 0) is 38.0 Å². The van der Waals surface area contributed by atoms with Gasteiger partial charge in [0.1, 0.15) is 6.04 Å². The van der Waals surface area contributed by atoms with Crippen LogP contribution in [-0.2, 0) is 9.59 Å². The Hall–Kier alpha value is -1.04. The highest BCUT2D eigenvalue weighted by Gasteiger charge is 2.40. The van der Waals surface area contributed by atoms with Gasteiger partial charge in [0.2, 0.25) is 5.91 Å². The van der Waals surface area contributed by atoms with Gasteiger partial charge < -0.3 is 5.32 Å². The lowest BCUT2D eigenvalue weighted by Gasteiger charge is -2.35. The van der Waals surface area contributed by atoms with Crippen LogP contribution in [0.1, 0.15) is 45.4 Å². The zero-order chi connectivity index (χ0) is 14.2. The minimum Gasteiger partial charge on any atom is -0.359 e. The summed E-state index contributed by atoms with van der Waals surface area (Å²) in [5, 5.41) is 6.80. The molecule has 1 aliphatic carbocycles. The predicted octanol–water partition coefficient (Wildman–Crippen LogP) is 1.43. The number of amides is 2. The Morgan fingerprint density at radius 2 is 2.00 bits per heavy atom. The Balaban J connectivity index is 1.63. The van der Waals surface area contributed by atoms with Crippen LogP contribution < -0.4 is 10.6 Å². The molecule has 3 rings (SSSR count). The van der Waals surface area contributed by atoms with E-state index < -0.39 is 6.04 Å². The van der Waals surface area contributed by atoms with Gasteiger partial charge in [0.25, 0.3) is 5.91 Å². The Kier molecular flexibility index (Phi) is 3.75. The van der Waals surface area contributed by atoms with E-state index in [1.54, 1.807) is 11.8 Å². The van der Waals surface area contributed by atoms with Crippen molar-refractivity contribution in [3.05, 3.63) is 0 Å². The molecule has 6 heteroatoms. The molecule has 2 heterocycles. The highest BCUT2D eigenvalue weighted by atomic mass is 32.2. The SMILES string of the molecule is CC1CCC2(CC1)CSC(=NC1CCC(=O)NC1=O)N2. The number of aliphatic imine (C=N–C) groups is 1. The summed E-state index contributed by atoms with van der Waals surface area (Å²) in [6.07, 6.45) is 5.82. The molecular weight excluding hydrogens is 274 g/mol. The van der Waals surface area contributed by atoms with Crippen LogP contribution in [-0.4, -0.2) is 34.3 Å². The van der Waals surface area contributed by atoms with Crippen LogP contribution in [0.3, 0.4) is 0 Å². The fraction of sp³-hybridized carbons (Fsp3) is 0.786. The van der Waals surface area contributed by atoms with Crippen molar-refractivity contribution in [3.8, 4) is 0 Å². The fourth-order valence-electron chi connectivity index (χ4n) is 3.11. The van der Waals surface area contributed by atoms with Crippen molar-refractivity contribution < 1.29 is 9.59 Å². The molecule has 0 aromatic rings. The van der Waals surface area contributed by atoms with Gasteiger partial charge in [0.05, 0.1) is 0 Å². The number of hydrogen-bond donors (Lipinski definition) is 2. The van der Waals surface area contributed by atoms with Crippen LogP contribution in [0.4, 0.5) is 0 Å². The molecule has 1 atom stereocenters. The molecule has 1 spiro atoms. The molecule has 2 aliphatic heterocycles. The van der Waals surface area contributed by atoms with Crippen molar-refractivity contribution in [2.75, 3.05) is 5.75 Å². The van der Waals surface area contributed by atoms with E-state index in [0.717, 1.165) is 16.8 Å². The van der Waals surface area contributed by atoms with Crippen LogP contribution in [0.15, 0.2) is 4.99 Å². The van der Waals surface area contributed by atoms with Gasteiger partial charge in [-0.3, -0.25) is 14.9 Å². The number of rotatable bonds is 1. The first-order chi connectivity index (χ1) is 9.56. The number of carbonyl (C=O) groups is 2. The van der Waals surface area contributed by atoms with Crippen molar-refractivity contribution in [1.82, 2.24) is 10.6 Å². The van der Waals surface area contributed by atoms with E-state index in [1.165, 1.54) is 25.7 Å². The number of hydrogen-bond acceptors (Lipinski definition) is 4. The Morgan fingerprint density at radius 3 is 2.70 bits per heavy atom. The minimum atomic E-state index is -0.402. The second-order valence-electron chi connectivity index (χ2n) is 6.28. The third kappa shape index (κ3) is 2.85. The lowest BCUT2D eigenvalue weighted by Crippen LogP contribution is -2.47. The molecule has 2 N–H and O–H groups in total. The summed E-state index contributed by atoms with van der Waals surface area (Å²) in [4.78, 5) is 27.4. The smallest absolute Gasteiger partial charge is 0.251 e. The van der Waals surface area contributed by atoms with E-state index >= 15 is 0 Å². The standard InChI is InChI=1S/C14H21N3O2S/c1-9-4-6-14(7-5-9)8-20-13(17-14)15-10-2-3-11(18)16-12(10)19/h9-10H,2-8H2,1H3,(H,15,17)(H,16,18,19). The van der Waals surface area contributed by atoms with Crippen LogP contribution in [0.5, 0.6) is 0 Å². The van der Waals surface area contributed by atoms with Gasteiger partial charge in [-0.2, -0.15) is 0 Å². The average molecular weight is 295 g/mol. The Morgan fingerprint density at radius 1 is 1.25 bits per heavy atom. The van der Waals surface area contributed by atoms with Gasteiger partial charge in [-0.25, -0.2) is 4.99 Å². The van der Waals surface area contributed by atoms with E-state index in [2.05, 4.69) is 22.5 Å². The van der Waals surface area contributed by atoms with Crippen LogP contribution in [0, 0.1) is 5.92 Å². The summed E-state index contributed by atoms with van der Waals surface area (Å²) in [7, 11) is 0. The van der Waals surface area contributed by atoms with Gasteiger partial charge in [0, 0.05) is 17.7 Å². The lowest BCUT2D eigenvalue weighted by molar-refractivity contribution is -0.133. The Labute approximate surface area is 123 Å². The van der Waals surface area contributed by atoms with Crippen LogP contribution >= 0.6 is 11.8 Å². The van der Waals surface area contributed by atoms with Crippen LogP contribution in [0.2, 0.25) is 0 Å². The van der Waals surface area contributed by atoms with Gasteiger partial charge in [0.15, 0.2) is 5.17 Å². The average Bonchev–Trinajstić information content (AvgIpc) is 2.80. The molecule has 2 amide bonds. The van der Waals surface area contributed by atoms with Crippen molar-refractivity contribution in [2.45, 2.75) is 57.0 Å². The van der Waals surface area contributed by atoms with E-state index in [1.807, 2.05) is 0 Å². The highest BCUT2D eigenvalue weighted by Crippen LogP contribution is 2.38. The zero-order valence-corrected chi connectivity index (χ0v) is 12.6. The maximum atomic E-state index is 11.7. The number of carbonyl (C=O) groups excluding carboxylic acids is 2. The minimum absolute atomic E-state index is 0.184. The molecule has 3 aliphatic rings. The van der Waals surface area contributed by atoms with Gasteiger partial charge >= 0.3 is 0 Å². The molecule has 20 heavy (non-hydrogen) atoms. The summed E-state index contributed by atoms with van der Waals surface area (Å²) in [6.45, 7) is 2.31. The molecule has 0 aromatic heterocycles. The van der Waals surface area contributed by atoms with E-state index in [0.29, 0.717) is 12.8 Å². The maximum Gasteiger partial charge on any atom is 0.251 e. The van der Waals surface area contributed by atoms with Crippen LogP contribution in [0.25, 0.3) is 0 Å². The number of amidine groups is 1. The quantitative estimate of drug-likeness (QED) is 0.718. The third-order valence-corrected chi connectivity index (χ3v) is 5.75. The molecule has 0 radical (unpaired) electrons. The lowest BCUT2D eigenvalue weighted by atomic mass is 9.78. The summed E-state index contributed by atoms with van der Waals surface area (Å²) >= 11 is 1.72. The third-order valence-electron chi connectivity index (χ3n) is 4.57. The first-order valence-electron chi connectivity index (χ1n) is 7.39. The number of thioether (sulfide) groups is 1. The maximum absolute atomic E-state index is 11.7. The number of nitrogens with one attached hydrogen (secondary N) is 2. The van der Waals surface area contributed by atoms with Gasteiger partial charge in [-0.15, -0.1) is 0 Å². The Bertz CT molecular complexity index is 455. The largest absolute Gasteiger partial charge is 0.359 e. The summed E-state index contributed by atoms with van der Waals surface area (Å²) in [6, 6.07) is -0.402. The van der Waals surface area contributed by atoms with E-state index in [-0.39, 0.29) is 17.4 Å². The van der Waals surface area contributed by atoms with Gasteiger partial charge in [-0.1, -0.05) is 18.7 Å². The predicted molar refractivity (Wildman–Crippen MR) is 79.6 cm³/mol. The number of imide groups is 1. The fourth-order valence-corrected chi connectivity index (χ4v) is 4.37. The van der Waals surface area contributed by atoms with Crippen molar-refractivity contribution in [1.29, 1.82) is 0 Å². The van der Waals surface area contributed by atoms with Crippen molar-refractivity contribution in [3.63, 3.8) is 0 Å². The first kappa shape index (κ1) is 13.9. The summed E-state index contributed by atoms with van der Waals surface area (Å²) in [5.41, 5.74) is 0.191. The molecule has 0 aromatic carbocycles. The second-order valence-corrected chi connectivity index (χ2v) is 7.24. The molecule has 5 nitrogen and oxygen atoms in total. The first-order valence-corrected chi connectivity index (χ1v) is 8.37. The summed E-state index contributed by atoms with van der Waals surface area (Å²) in [5.74, 6) is 1.43. The van der Waals surface area contributed by atoms with Crippen molar-refractivity contribution >= 4 is 28.7 Å². The molecule has 1 unspecified atom stereocenters. The highest BCUT2D eigenvalue weighted by molar-refractivity contribution is 8.14. The van der Waals surface area contributed by atoms with E-state index in [9.17, 15) is 9.59 Å². The number of nitrogens with zero attached hydrogens (tertiary/aromatic N) is 1. The summed E-state index contributed by atoms with van der Waals surface area (Å²) < 4.78 is 0. The zero-order valence-electron chi connectivity index (χ0n) is 11.8. The monoisotopic (exact) mass is 295 g/mol. The molecule has 0 bridgehead atoms. The topological polar surface area (TPSA) is 70.6 Å². The molecular formula is C14H21N3O2S. The normalized spacial score (nSPS) is 40.0. The molecule has 110 valence electrons. The second kappa shape index (κ2) is 5.39. The van der Waals surface area contributed by atoms with E-state index in [4.69, 9.17) is 0 Å². The molecule has 2 saturated heterocycles. The molecule has 3 fully saturated rings. The van der Waals surface area contributed by atoms with Crippen molar-refractivity contribution in [2.24, 2.45) is 10.9 Å². The number of piperidine rings is 1.